The standard InChI is InChI=1S/C15H23N3O3/c1-2-8-17-9-3-4-12(7-10-17)16-14-6-5-13(19)11-15(14)18(20)21/h5-6,11-12,16,19H,2-4,7-10H2,1H3. The van der Waals surface area contributed by atoms with Gasteiger partial charge >= 0.3 is 0 Å². The normalized spacial score (nSPS) is 20.0. The molecular formula is C15H23N3O3. The van der Waals surface area contributed by atoms with Gasteiger partial charge in [-0.3, -0.25) is 10.1 Å². The minimum Gasteiger partial charge on any atom is -0.508 e. The summed E-state index contributed by atoms with van der Waals surface area (Å²) in [5, 5.41) is 23.7. The van der Waals surface area contributed by atoms with Gasteiger partial charge in [-0.25, -0.2) is 0 Å². The first kappa shape index (κ1) is 15.6. The number of hydrogen-bond donors (Lipinski definition) is 2. The van der Waals surface area contributed by atoms with Gasteiger partial charge in [-0.15, -0.1) is 0 Å². The van der Waals surface area contributed by atoms with E-state index in [-0.39, 0.29) is 17.5 Å². The first-order chi connectivity index (χ1) is 10.1. The fraction of sp³-hybridized carbons (Fsp3) is 0.600. The molecule has 0 radical (unpaired) electrons. The summed E-state index contributed by atoms with van der Waals surface area (Å²) in [5.41, 5.74) is 0.427. The molecule has 1 aromatic carbocycles. The Morgan fingerprint density at radius 1 is 1.43 bits per heavy atom. The molecule has 0 spiro atoms. The van der Waals surface area contributed by atoms with Crippen molar-refractivity contribution < 1.29 is 10.0 Å². The minimum atomic E-state index is -0.456. The number of phenolic OH excluding ortho intramolecular Hbond substituents is 1. The average Bonchev–Trinajstić information content (AvgIpc) is 2.67. The van der Waals surface area contributed by atoms with Crippen molar-refractivity contribution in [3.63, 3.8) is 0 Å². The molecule has 1 fully saturated rings. The highest BCUT2D eigenvalue weighted by Crippen LogP contribution is 2.30. The van der Waals surface area contributed by atoms with E-state index in [4.69, 9.17) is 0 Å². The number of anilines is 1. The molecule has 0 aromatic heterocycles. The van der Waals surface area contributed by atoms with Crippen molar-refractivity contribution in [3.05, 3.63) is 28.3 Å². The summed E-state index contributed by atoms with van der Waals surface area (Å²) >= 11 is 0. The maximum absolute atomic E-state index is 11.1. The van der Waals surface area contributed by atoms with E-state index < -0.39 is 4.92 Å². The Labute approximate surface area is 124 Å². The van der Waals surface area contributed by atoms with Crippen LogP contribution < -0.4 is 5.32 Å². The van der Waals surface area contributed by atoms with Crippen molar-refractivity contribution >= 4 is 11.4 Å². The van der Waals surface area contributed by atoms with Crippen LogP contribution in [0.3, 0.4) is 0 Å². The molecule has 1 saturated heterocycles. The predicted molar refractivity (Wildman–Crippen MR) is 82.8 cm³/mol. The van der Waals surface area contributed by atoms with Crippen molar-refractivity contribution in [1.29, 1.82) is 0 Å². The number of nitro benzene ring substituents is 1. The Morgan fingerprint density at radius 3 is 2.95 bits per heavy atom. The van der Waals surface area contributed by atoms with Gasteiger partial charge in [0, 0.05) is 12.6 Å². The van der Waals surface area contributed by atoms with E-state index in [0.717, 1.165) is 45.3 Å². The summed E-state index contributed by atoms with van der Waals surface area (Å²) in [4.78, 5) is 13.1. The third-order valence-electron chi connectivity index (χ3n) is 3.90. The molecule has 2 N–H and O–H groups in total. The van der Waals surface area contributed by atoms with Gasteiger partial charge in [0.1, 0.15) is 11.4 Å². The second kappa shape index (κ2) is 7.26. The summed E-state index contributed by atoms with van der Waals surface area (Å²) in [7, 11) is 0. The van der Waals surface area contributed by atoms with E-state index in [9.17, 15) is 15.2 Å². The van der Waals surface area contributed by atoms with Gasteiger partial charge in [-0.1, -0.05) is 6.92 Å². The number of aromatic hydroxyl groups is 1. The van der Waals surface area contributed by atoms with Crippen LogP contribution in [0.2, 0.25) is 0 Å². The fourth-order valence-electron chi connectivity index (χ4n) is 2.85. The highest BCUT2D eigenvalue weighted by molar-refractivity contribution is 5.64. The summed E-state index contributed by atoms with van der Waals surface area (Å²) < 4.78 is 0. The lowest BCUT2D eigenvalue weighted by atomic mass is 10.1. The first-order valence-electron chi connectivity index (χ1n) is 7.56. The molecule has 6 nitrogen and oxygen atoms in total. The summed E-state index contributed by atoms with van der Waals surface area (Å²) in [6.07, 6.45) is 4.25. The molecule has 1 aromatic rings. The van der Waals surface area contributed by atoms with Gasteiger partial charge in [-0.05, 0) is 50.9 Å². The summed E-state index contributed by atoms with van der Waals surface area (Å²) in [6, 6.07) is 4.51. The molecule has 116 valence electrons. The lowest BCUT2D eigenvalue weighted by Crippen LogP contribution is -2.27. The maximum Gasteiger partial charge on any atom is 0.296 e. The molecule has 1 unspecified atom stereocenters. The van der Waals surface area contributed by atoms with Gasteiger partial charge in [0.25, 0.3) is 5.69 Å². The van der Waals surface area contributed by atoms with Crippen LogP contribution in [0.5, 0.6) is 5.75 Å². The van der Waals surface area contributed by atoms with E-state index in [0.29, 0.717) is 5.69 Å². The van der Waals surface area contributed by atoms with Crippen LogP contribution >= 0.6 is 0 Å². The Hall–Kier alpha value is -1.82. The number of nitrogens with zero attached hydrogens (tertiary/aromatic N) is 2. The first-order valence-corrected chi connectivity index (χ1v) is 7.56. The zero-order valence-electron chi connectivity index (χ0n) is 12.4. The van der Waals surface area contributed by atoms with Crippen LogP contribution in [0.25, 0.3) is 0 Å². The van der Waals surface area contributed by atoms with Crippen LogP contribution in [-0.4, -0.2) is 40.6 Å². The van der Waals surface area contributed by atoms with Gasteiger partial charge < -0.3 is 15.3 Å². The maximum atomic E-state index is 11.1. The Balaban J connectivity index is 2.03. The van der Waals surface area contributed by atoms with Crippen LogP contribution in [-0.2, 0) is 0 Å². The lowest BCUT2D eigenvalue weighted by molar-refractivity contribution is -0.384. The van der Waals surface area contributed by atoms with Gasteiger partial charge in [0.15, 0.2) is 0 Å². The van der Waals surface area contributed by atoms with Gasteiger partial charge in [-0.2, -0.15) is 0 Å². The van der Waals surface area contributed by atoms with E-state index in [1.165, 1.54) is 12.1 Å². The molecule has 1 atom stereocenters. The largest absolute Gasteiger partial charge is 0.508 e. The van der Waals surface area contributed by atoms with Crippen LogP contribution in [0.1, 0.15) is 32.6 Å². The second-order valence-corrected chi connectivity index (χ2v) is 5.57. The molecular weight excluding hydrogens is 270 g/mol. The Morgan fingerprint density at radius 2 is 2.24 bits per heavy atom. The third-order valence-corrected chi connectivity index (χ3v) is 3.90. The topological polar surface area (TPSA) is 78.6 Å². The van der Waals surface area contributed by atoms with E-state index in [1.807, 2.05) is 0 Å². The SMILES string of the molecule is CCCN1CCCC(Nc2ccc(O)cc2[N+](=O)[O-])CC1. The highest BCUT2D eigenvalue weighted by atomic mass is 16.6. The number of phenols is 1. The summed E-state index contributed by atoms with van der Waals surface area (Å²) in [5.74, 6) is -0.0813. The predicted octanol–water partition coefficient (Wildman–Crippen LogP) is 2.98. The number of likely N-dealkylation sites (tertiary alicyclic amines) is 1. The number of rotatable bonds is 5. The molecule has 6 heteroatoms. The fourth-order valence-corrected chi connectivity index (χ4v) is 2.85. The number of nitro groups is 1. The molecule has 0 amide bonds. The quantitative estimate of drug-likeness (QED) is 0.496. The van der Waals surface area contributed by atoms with Crippen molar-refractivity contribution in [1.82, 2.24) is 4.90 Å². The van der Waals surface area contributed by atoms with Crippen molar-refractivity contribution in [2.24, 2.45) is 0 Å². The van der Waals surface area contributed by atoms with Crippen LogP contribution in [0.15, 0.2) is 18.2 Å². The van der Waals surface area contributed by atoms with Crippen molar-refractivity contribution in [2.45, 2.75) is 38.6 Å². The number of hydrogen-bond acceptors (Lipinski definition) is 5. The van der Waals surface area contributed by atoms with E-state index in [2.05, 4.69) is 17.1 Å². The van der Waals surface area contributed by atoms with Crippen LogP contribution in [0, 0.1) is 10.1 Å². The second-order valence-electron chi connectivity index (χ2n) is 5.57. The highest BCUT2D eigenvalue weighted by Gasteiger charge is 2.20. The zero-order valence-corrected chi connectivity index (χ0v) is 12.4. The Kier molecular flexibility index (Phi) is 5.38. The molecule has 2 rings (SSSR count). The molecule has 0 saturated carbocycles. The van der Waals surface area contributed by atoms with Gasteiger partial charge in [0.05, 0.1) is 11.0 Å². The van der Waals surface area contributed by atoms with Gasteiger partial charge in [0.2, 0.25) is 0 Å². The molecule has 21 heavy (non-hydrogen) atoms. The molecule has 0 bridgehead atoms. The average molecular weight is 293 g/mol. The monoisotopic (exact) mass is 293 g/mol. The summed E-state index contributed by atoms with van der Waals surface area (Å²) in [6.45, 7) is 5.42. The zero-order chi connectivity index (χ0) is 15.2. The lowest BCUT2D eigenvalue weighted by Gasteiger charge is -2.20. The van der Waals surface area contributed by atoms with Crippen molar-refractivity contribution in [3.8, 4) is 5.75 Å². The molecule has 1 aliphatic rings. The Bertz CT molecular complexity index is 493. The number of nitrogens with one attached hydrogen (secondary N) is 1. The third kappa shape index (κ3) is 4.32. The van der Waals surface area contributed by atoms with E-state index >= 15 is 0 Å². The minimum absolute atomic E-state index is 0.0651. The number of benzene rings is 1. The van der Waals surface area contributed by atoms with E-state index in [1.54, 1.807) is 6.07 Å². The molecule has 1 aliphatic heterocycles. The smallest absolute Gasteiger partial charge is 0.296 e. The molecule has 0 aliphatic carbocycles. The van der Waals surface area contributed by atoms with Crippen LogP contribution in [0.4, 0.5) is 11.4 Å². The molecule has 1 heterocycles. The van der Waals surface area contributed by atoms with Crippen molar-refractivity contribution in [2.75, 3.05) is 25.0 Å².